The standard InChI is InChI=1S/C29H28F7NO3/c1-15(18-10-19(28(31,32)33)12-20(11-18)29(34,35)36)40-24-9-4-17-14-37(22-7-8-23(38)13-22)27(39)26(17)25(24)16-2-5-21(30)6-3-16/h2-3,5-6,10-13,15,17,24-27,39H,4,7-9,14H2,1H3/t15-,17-,24+,25-,26-,27?/m1/s1. The average molecular weight is 572 g/mol. The van der Waals surface area contributed by atoms with Gasteiger partial charge < -0.3 is 14.7 Å². The molecule has 1 aliphatic heterocycles. The van der Waals surface area contributed by atoms with Gasteiger partial charge in [0.15, 0.2) is 5.78 Å². The number of carbonyl (C=O) groups excluding carboxylic acids is 1. The molecule has 6 atom stereocenters. The first-order valence-electron chi connectivity index (χ1n) is 13.1. The first-order chi connectivity index (χ1) is 18.7. The van der Waals surface area contributed by atoms with Gasteiger partial charge in [0.25, 0.3) is 0 Å². The van der Waals surface area contributed by atoms with Gasteiger partial charge >= 0.3 is 12.4 Å². The molecule has 0 spiro atoms. The molecule has 1 unspecified atom stereocenters. The zero-order chi connectivity index (χ0) is 29.0. The van der Waals surface area contributed by atoms with Gasteiger partial charge in [-0.2, -0.15) is 26.3 Å². The quantitative estimate of drug-likeness (QED) is 0.393. The maximum absolute atomic E-state index is 13.8. The molecule has 4 nitrogen and oxygen atoms in total. The number of aliphatic hydroxyl groups excluding tert-OH is 1. The lowest BCUT2D eigenvalue weighted by Crippen LogP contribution is -2.42. The Bertz CT molecular complexity index is 1260. The molecule has 0 amide bonds. The molecule has 0 aromatic heterocycles. The molecule has 40 heavy (non-hydrogen) atoms. The van der Waals surface area contributed by atoms with Gasteiger partial charge in [-0.15, -0.1) is 0 Å². The molecular formula is C29H28F7NO3. The summed E-state index contributed by atoms with van der Waals surface area (Å²) in [6.07, 6.45) is -9.39. The molecule has 0 bridgehead atoms. The monoisotopic (exact) mass is 571 g/mol. The third-order valence-electron chi connectivity index (χ3n) is 8.31. The largest absolute Gasteiger partial charge is 0.416 e. The van der Waals surface area contributed by atoms with Crippen LogP contribution >= 0.6 is 0 Å². The maximum Gasteiger partial charge on any atom is 0.416 e. The fourth-order valence-corrected chi connectivity index (χ4v) is 6.43. The smallest absolute Gasteiger partial charge is 0.373 e. The van der Waals surface area contributed by atoms with Crippen molar-refractivity contribution in [2.75, 3.05) is 6.54 Å². The Balaban J connectivity index is 1.48. The van der Waals surface area contributed by atoms with Gasteiger partial charge in [0.2, 0.25) is 0 Å². The summed E-state index contributed by atoms with van der Waals surface area (Å²) >= 11 is 0. The van der Waals surface area contributed by atoms with Crippen LogP contribution in [0, 0.1) is 17.7 Å². The normalized spacial score (nSPS) is 28.0. The van der Waals surface area contributed by atoms with E-state index in [0.29, 0.717) is 49.9 Å². The predicted octanol–water partition coefficient (Wildman–Crippen LogP) is 7.00. The average Bonchev–Trinajstić information content (AvgIpc) is 3.46. The molecule has 5 rings (SSSR count). The van der Waals surface area contributed by atoms with Crippen molar-refractivity contribution in [1.82, 2.24) is 4.90 Å². The number of rotatable bonds is 5. The molecule has 1 N–H and O–H groups in total. The van der Waals surface area contributed by atoms with Crippen LogP contribution in [-0.4, -0.2) is 34.7 Å². The van der Waals surface area contributed by atoms with Gasteiger partial charge in [-0.1, -0.05) is 12.1 Å². The van der Waals surface area contributed by atoms with Gasteiger partial charge in [-0.25, -0.2) is 4.39 Å². The Morgan fingerprint density at radius 3 is 2.12 bits per heavy atom. The van der Waals surface area contributed by atoms with Crippen LogP contribution in [0.4, 0.5) is 30.7 Å². The molecular weight excluding hydrogens is 543 g/mol. The van der Waals surface area contributed by atoms with Crippen molar-refractivity contribution in [3.05, 3.63) is 82.3 Å². The highest BCUT2D eigenvalue weighted by atomic mass is 19.4. The number of hydrogen-bond acceptors (Lipinski definition) is 4. The fraction of sp³-hybridized carbons (Fsp3) is 0.483. The number of aliphatic hydroxyl groups is 1. The highest BCUT2D eigenvalue weighted by molar-refractivity contribution is 5.92. The number of carbonyl (C=O) groups is 1. The molecule has 1 saturated carbocycles. The number of alkyl halides is 6. The van der Waals surface area contributed by atoms with Crippen molar-refractivity contribution in [3.8, 4) is 0 Å². The number of benzene rings is 2. The number of allylic oxidation sites excluding steroid dienone is 2. The number of ketones is 1. The van der Waals surface area contributed by atoms with E-state index in [1.807, 2.05) is 0 Å². The summed E-state index contributed by atoms with van der Waals surface area (Å²) in [6, 6.07) is 7.04. The second kappa shape index (κ2) is 10.5. The van der Waals surface area contributed by atoms with E-state index >= 15 is 0 Å². The maximum atomic E-state index is 13.8. The lowest BCUT2D eigenvalue weighted by atomic mass is 9.68. The predicted molar refractivity (Wildman–Crippen MR) is 130 cm³/mol. The summed E-state index contributed by atoms with van der Waals surface area (Å²) in [5.41, 5.74) is -1.74. The first-order valence-corrected chi connectivity index (χ1v) is 13.1. The first kappa shape index (κ1) is 28.6. The molecule has 1 saturated heterocycles. The topological polar surface area (TPSA) is 49.8 Å². The minimum atomic E-state index is -4.99. The Morgan fingerprint density at radius 2 is 1.57 bits per heavy atom. The minimum Gasteiger partial charge on any atom is -0.373 e. The van der Waals surface area contributed by atoms with Crippen LogP contribution in [-0.2, 0) is 21.9 Å². The molecule has 0 radical (unpaired) electrons. The van der Waals surface area contributed by atoms with Crippen molar-refractivity contribution in [3.63, 3.8) is 0 Å². The number of nitrogens with zero attached hydrogens (tertiary/aromatic N) is 1. The molecule has 2 fully saturated rings. The number of halogens is 7. The fourth-order valence-electron chi connectivity index (χ4n) is 6.43. The number of likely N-dealkylation sites (tertiary alicyclic amines) is 1. The minimum absolute atomic E-state index is 0.0119. The van der Waals surface area contributed by atoms with Gasteiger partial charge in [0, 0.05) is 36.6 Å². The summed E-state index contributed by atoms with van der Waals surface area (Å²) in [6.45, 7) is 1.89. The Morgan fingerprint density at radius 1 is 0.950 bits per heavy atom. The number of fused-ring (bicyclic) bond motifs is 1. The van der Waals surface area contributed by atoms with Crippen LogP contribution in [0.25, 0.3) is 0 Å². The highest BCUT2D eigenvalue weighted by Crippen LogP contribution is 2.51. The molecule has 3 aliphatic rings. The lowest BCUT2D eigenvalue weighted by molar-refractivity contribution is -0.143. The van der Waals surface area contributed by atoms with Crippen LogP contribution < -0.4 is 0 Å². The van der Waals surface area contributed by atoms with E-state index in [0.717, 1.165) is 5.70 Å². The molecule has 11 heteroatoms. The number of hydrogen-bond donors (Lipinski definition) is 1. The molecule has 2 aromatic rings. The summed E-state index contributed by atoms with van der Waals surface area (Å²) in [4.78, 5) is 13.6. The van der Waals surface area contributed by atoms with Crippen LogP contribution in [0.15, 0.2) is 54.2 Å². The van der Waals surface area contributed by atoms with Crippen LogP contribution in [0.5, 0.6) is 0 Å². The molecule has 2 aliphatic carbocycles. The van der Waals surface area contributed by atoms with Gasteiger partial charge in [-0.3, -0.25) is 4.79 Å². The zero-order valence-electron chi connectivity index (χ0n) is 21.5. The van der Waals surface area contributed by atoms with E-state index in [1.54, 1.807) is 17.0 Å². The summed E-state index contributed by atoms with van der Waals surface area (Å²) in [5.74, 6) is -1.45. The van der Waals surface area contributed by atoms with Crippen LogP contribution in [0.1, 0.15) is 66.9 Å². The SMILES string of the molecule is C[C@@H](O[C@H]1CC[C@@H]2CN(C3=CC(=O)CC3)C(O)[C@H]2[C@@H]1c1ccc(F)cc1)c1cc(C(F)(F)F)cc(C(F)(F)F)c1. The molecule has 216 valence electrons. The van der Waals surface area contributed by atoms with Crippen molar-refractivity contribution < 1.29 is 45.4 Å². The van der Waals surface area contributed by atoms with E-state index in [1.165, 1.54) is 25.1 Å². The lowest BCUT2D eigenvalue weighted by Gasteiger charge is -2.42. The van der Waals surface area contributed by atoms with E-state index in [-0.39, 0.29) is 23.3 Å². The van der Waals surface area contributed by atoms with Crippen molar-refractivity contribution in [1.29, 1.82) is 0 Å². The van der Waals surface area contributed by atoms with E-state index in [4.69, 9.17) is 4.74 Å². The number of ether oxygens (including phenoxy) is 1. The Kier molecular flexibility index (Phi) is 7.50. The van der Waals surface area contributed by atoms with Crippen LogP contribution in [0.2, 0.25) is 0 Å². The van der Waals surface area contributed by atoms with E-state index < -0.39 is 59.6 Å². The Labute approximate surface area is 226 Å². The third kappa shape index (κ3) is 5.63. The van der Waals surface area contributed by atoms with Crippen molar-refractivity contribution in [2.24, 2.45) is 11.8 Å². The van der Waals surface area contributed by atoms with E-state index in [9.17, 15) is 40.6 Å². The second-order valence-electron chi connectivity index (χ2n) is 10.8. The van der Waals surface area contributed by atoms with Crippen molar-refractivity contribution in [2.45, 2.75) is 69.3 Å². The summed E-state index contributed by atoms with van der Waals surface area (Å²) in [5, 5.41) is 11.4. The van der Waals surface area contributed by atoms with Gasteiger partial charge in [-0.05, 0) is 73.6 Å². The van der Waals surface area contributed by atoms with Gasteiger partial charge in [0.1, 0.15) is 12.0 Å². The summed E-state index contributed by atoms with van der Waals surface area (Å²) < 4.78 is 101. The second-order valence-corrected chi connectivity index (χ2v) is 10.8. The summed E-state index contributed by atoms with van der Waals surface area (Å²) in [7, 11) is 0. The third-order valence-corrected chi connectivity index (χ3v) is 8.31. The van der Waals surface area contributed by atoms with Gasteiger partial charge in [0.05, 0.1) is 23.3 Å². The highest BCUT2D eigenvalue weighted by Gasteiger charge is 2.52. The Hall–Kier alpha value is -2.92. The zero-order valence-corrected chi connectivity index (χ0v) is 21.5. The van der Waals surface area contributed by atoms with Crippen LogP contribution in [0.3, 0.4) is 0 Å². The van der Waals surface area contributed by atoms with Crippen molar-refractivity contribution >= 4 is 5.78 Å². The molecule has 1 heterocycles. The van der Waals surface area contributed by atoms with E-state index in [2.05, 4.69) is 0 Å². The molecule has 2 aromatic carbocycles.